The van der Waals surface area contributed by atoms with E-state index >= 15 is 0 Å². The van der Waals surface area contributed by atoms with Crippen molar-refractivity contribution in [1.82, 2.24) is 14.7 Å². The quantitative estimate of drug-likeness (QED) is 0.865. The van der Waals surface area contributed by atoms with E-state index in [4.69, 9.17) is 0 Å². The third-order valence-electron chi connectivity index (χ3n) is 4.40. The van der Waals surface area contributed by atoms with Crippen molar-refractivity contribution in [3.63, 3.8) is 0 Å². The van der Waals surface area contributed by atoms with Crippen LogP contribution in [0.3, 0.4) is 0 Å². The molecule has 1 N–H and O–H groups in total. The van der Waals surface area contributed by atoms with Gasteiger partial charge in [-0.25, -0.2) is 12.8 Å². The standard InChI is InChI=1S/C17H22FN3O3S/c1-12-7-14(18)4-3-13(12)9-20-5-6-21-15(10-20)8-16(19-21)17(22)11-25(2,23)24/h3-4,7-8,17,22H,5-6,9-11H2,1-2H3/t17-/m1/s1. The molecule has 1 atom stereocenters. The fourth-order valence-corrected chi connectivity index (χ4v) is 3.83. The molecule has 2 aromatic rings. The summed E-state index contributed by atoms with van der Waals surface area (Å²) in [5, 5.41) is 14.4. The number of halogens is 1. The highest BCUT2D eigenvalue weighted by atomic mass is 32.2. The molecule has 8 heteroatoms. The molecule has 3 rings (SSSR count). The van der Waals surface area contributed by atoms with Crippen LogP contribution >= 0.6 is 0 Å². The van der Waals surface area contributed by atoms with Gasteiger partial charge in [0.05, 0.1) is 23.7 Å². The number of aromatic nitrogens is 2. The van der Waals surface area contributed by atoms with Gasteiger partial charge in [-0.1, -0.05) is 6.07 Å². The van der Waals surface area contributed by atoms with Crippen LogP contribution in [0, 0.1) is 12.7 Å². The molecule has 1 aliphatic heterocycles. The fraction of sp³-hybridized carbons (Fsp3) is 0.471. The van der Waals surface area contributed by atoms with Crippen molar-refractivity contribution in [3.8, 4) is 0 Å². The van der Waals surface area contributed by atoms with Crippen molar-refractivity contribution < 1.29 is 17.9 Å². The van der Waals surface area contributed by atoms with Crippen LogP contribution in [-0.2, 0) is 29.5 Å². The minimum Gasteiger partial charge on any atom is -0.386 e. The minimum absolute atomic E-state index is 0.234. The van der Waals surface area contributed by atoms with Crippen molar-refractivity contribution in [2.45, 2.75) is 32.7 Å². The van der Waals surface area contributed by atoms with Crippen LogP contribution in [0.25, 0.3) is 0 Å². The van der Waals surface area contributed by atoms with Crippen LogP contribution in [0.5, 0.6) is 0 Å². The Labute approximate surface area is 146 Å². The summed E-state index contributed by atoms with van der Waals surface area (Å²) in [6, 6.07) is 6.57. The minimum atomic E-state index is -3.27. The average Bonchev–Trinajstić information content (AvgIpc) is 2.92. The Kier molecular flexibility index (Phi) is 4.95. The largest absolute Gasteiger partial charge is 0.386 e. The first kappa shape index (κ1) is 18.0. The van der Waals surface area contributed by atoms with E-state index in [0.717, 1.165) is 29.6 Å². The van der Waals surface area contributed by atoms with E-state index in [9.17, 15) is 17.9 Å². The highest BCUT2D eigenvalue weighted by molar-refractivity contribution is 7.90. The van der Waals surface area contributed by atoms with Gasteiger partial charge in [-0.05, 0) is 36.2 Å². The molecule has 0 bridgehead atoms. The average molecular weight is 367 g/mol. The topological polar surface area (TPSA) is 75.4 Å². The molecule has 0 saturated carbocycles. The van der Waals surface area contributed by atoms with Gasteiger partial charge in [-0.3, -0.25) is 9.58 Å². The SMILES string of the molecule is Cc1cc(F)ccc1CN1CCn2nc([C@H](O)CS(C)(=O)=O)cc2C1. The van der Waals surface area contributed by atoms with Gasteiger partial charge >= 0.3 is 0 Å². The molecule has 2 heterocycles. The van der Waals surface area contributed by atoms with E-state index in [1.165, 1.54) is 12.1 Å². The number of hydrogen-bond acceptors (Lipinski definition) is 5. The number of sulfone groups is 1. The Balaban J connectivity index is 1.71. The Bertz CT molecular complexity index is 879. The number of aliphatic hydroxyl groups excluding tert-OH is 1. The number of aryl methyl sites for hydroxylation is 1. The van der Waals surface area contributed by atoms with Gasteiger partial charge in [0.15, 0.2) is 0 Å². The van der Waals surface area contributed by atoms with Crippen LogP contribution in [0.2, 0.25) is 0 Å². The maximum absolute atomic E-state index is 13.2. The number of hydrogen-bond donors (Lipinski definition) is 1. The Morgan fingerprint density at radius 1 is 1.32 bits per heavy atom. The lowest BCUT2D eigenvalue weighted by atomic mass is 10.1. The molecule has 0 spiro atoms. The monoisotopic (exact) mass is 367 g/mol. The van der Waals surface area contributed by atoms with Gasteiger partial charge < -0.3 is 5.11 Å². The van der Waals surface area contributed by atoms with Crippen molar-refractivity contribution in [3.05, 3.63) is 52.6 Å². The van der Waals surface area contributed by atoms with Gasteiger partial charge in [0.2, 0.25) is 0 Å². The zero-order valence-electron chi connectivity index (χ0n) is 14.3. The highest BCUT2D eigenvalue weighted by Crippen LogP contribution is 2.21. The molecule has 6 nitrogen and oxygen atoms in total. The third-order valence-corrected chi connectivity index (χ3v) is 5.32. The van der Waals surface area contributed by atoms with E-state index < -0.39 is 15.9 Å². The van der Waals surface area contributed by atoms with Crippen molar-refractivity contribution in [2.75, 3.05) is 18.6 Å². The van der Waals surface area contributed by atoms with Crippen molar-refractivity contribution in [1.29, 1.82) is 0 Å². The van der Waals surface area contributed by atoms with Crippen molar-refractivity contribution >= 4 is 9.84 Å². The van der Waals surface area contributed by atoms with E-state index in [1.807, 2.05) is 11.6 Å². The van der Waals surface area contributed by atoms with E-state index in [1.54, 1.807) is 12.1 Å². The van der Waals surface area contributed by atoms with Crippen LogP contribution in [0.1, 0.15) is 28.6 Å². The zero-order valence-corrected chi connectivity index (χ0v) is 15.1. The van der Waals surface area contributed by atoms with Crippen LogP contribution in [0.4, 0.5) is 4.39 Å². The number of aliphatic hydroxyl groups is 1. The van der Waals surface area contributed by atoms with Gasteiger partial charge in [0.1, 0.15) is 21.8 Å². The molecular weight excluding hydrogens is 345 g/mol. The number of rotatable bonds is 5. The van der Waals surface area contributed by atoms with Gasteiger partial charge in [0.25, 0.3) is 0 Å². The lowest BCUT2D eigenvalue weighted by molar-refractivity contribution is 0.191. The Hall–Kier alpha value is -1.77. The summed E-state index contributed by atoms with van der Waals surface area (Å²) >= 11 is 0. The summed E-state index contributed by atoms with van der Waals surface area (Å²) in [7, 11) is -3.27. The van der Waals surface area contributed by atoms with Gasteiger partial charge in [-0.2, -0.15) is 5.10 Å². The number of benzene rings is 1. The fourth-order valence-electron chi connectivity index (χ4n) is 3.09. The molecule has 136 valence electrons. The van der Waals surface area contributed by atoms with Crippen LogP contribution < -0.4 is 0 Å². The molecule has 0 saturated heterocycles. The second kappa shape index (κ2) is 6.86. The summed E-state index contributed by atoms with van der Waals surface area (Å²) in [5.41, 5.74) is 3.32. The zero-order chi connectivity index (χ0) is 18.2. The highest BCUT2D eigenvalue weighted by Gasteiger charge is 2.23. The molecule has 1 aliphatic rings. The molecule has 0 fully saturated rings. The lowest BCUT2D eigenvalue weighted by Gasteiger charge is -2.28. The normalized spacial score (nSPS) is 16.6. The molecule has 0 amide bonds. The van der Waals surface area contributed by atoms with Crippen LogP contribution in [0.15, 0.2) is 24.3 Å². The predicted molar refractivity (Wildman–Crippen MR) is 92.1 cm³/mol. The van der Waals surface area contributed by atoms with E-state index in [2.05, 4.69) is 10.00 Å². The van der Waals surface area contributed by atoms with E-state index in [0.29, 0.717) is 25.3 Å². The Morgan fingerprint density at radius 3 is 2.76 bits per heavy atom. The van der Waals surface area contributed by atoms with Gasteiger partial charge in [-0.15, -0.1) is 0 Å². The second-order valence-corrected chi connectivity index (χ2v) is 8.86. The summed E-state index contributed by atoms with van der Waals surface area (Å²) in [5.74, 6) is -0.565. The first-order valence-electron chi connectivity index (χ1n) is 8.11. The number of nitrogens with zero attached hydrogens (tertiary/aromatic N) is 3. The van der Waals surface area contributed by atoms with Crippen LogP contribution in [-0.4, -0.2) is 46.8 Å². The summed E-state index contributed by atoms with van der Waals surface area (Å²) in [6.45, 7) is 4.70. The lowest BCUT2D eigenvalue weighted by Crippen LogP contribution is -2.33. The molecule has 1 aromatic heterocycles. The molecule has 0 aliphatic carbocycles. The molecule has 25 heavy (non-hydrogen) atoms. The van der Waals surface area contributed by atoms with Crippen molar-refractivity contribution in [2.24, 2.45) is 0 Å². The number of fused-ring (bicyclic) bond motifs is 1. The van der Waals surface area contributed by atoms with Gasteiger partial charge in [0, 0.05) is 25.9 Å². The molecular formula is C17H22FN3O3S. The van der Waals surface area contributed by atoms with E-state index in [-0.39, 0.29) is 11.6 Å². The Morgan fingerprint density at radius 2 is 2.08 bits per heavy atom. The molecule has 0 radical (unpaired) electrons. The second-order valence-electron chi connectivity index (χ2n) is 6.67. The first-order valence-corrected chi connectivity index (χ1v) is 10.2. The summed E-state index contributed by atoms with van der Waals surface area (Å²) < 4.78 is 37.7. The third kappa shape index (κ3) is 4.45. The molecule has 0 unspecified atom stereocenters. The smallest absolute Gasteiger partial charge is 0.150 e. The predicted octanol–water partition coefficient (Wildman–Crippen LogP) is 1.42. The first-order chi connectivity index (χ1) is 11.7. The summed E-state index contributed by atoms with van der Waals surface area (Å²) in [4.78, 5) is 2.23. The summed E-state index contributed by atoms with van der Waals surface area (Å²) in [6.07, 6.45) is -0.0141. The maximum Gasteiger partial charge on any atom is 0.150 e. The molecule has 1 aromatic carbocycles. The maximum atomic E-state index is 13.2.